The van der Waals surface area contributed by atoms with Crippen molar-refractivity contribution < 1.29 is 36.3 Å². The average molecular weight is 760 g/mol. The monoisotopic (exact) mass is 759 g/mol. The third kappa shape index (κ3) is 8.05. The van der Waals surface area contributed by atoms with Gasteiger partial charge in [0.05, 0.1) is 41.5 Å². The van der Waals surface area contributed by atoms with E-state index in [-0.39, 0.29) is 48.6 Å². The van der Waals surface area contributed by atoms with Crippen molar-refractivity contribution >= 4 is 59.1 Å². The van der Waals surface area contributed by atoms with Crippen LogP contribution in [0.3, 0.4) is 0 Å². The van der Waals surface area contributed by atoms with Crippen LogP contribution in [0.4, 0.5) is 5.69 Å². The summed E-state index contributed by atoms with van der Waals surface area (Å²) in [6.45, 7) is 10.3. The number of esters is 1. The van der Waals surface area contributed by atoms with Crippen LogP contribution in [-0.2, 0) is 46.3 Å². The van der Waals surface area contributed by atoms with Crippen molar-refractivity contribution in [2.45, 2.75) is 82.5 Å². The third-order valence-electron chi connectivity index (χ3n) is 9.54. The summed E-state index contributed by atoms with van der Waals surface area (Å²) in [7, 11) is -5.57. The number of ether oxygens (including phenoxy) is 1. The van der Waals surface area contributed by atoms with Gasteiger partial charge in [-0.3, -0.25) is 19.1 Å². The van der Waals surface area contributed by atoms with Gasteiger partial charge in [0, 0.05) is 33.9 Å². The van der Waals surface area contributed by atoms with E-state index in [2.05, 4.69) is 20.8 Å². The number of nitro benzene ring substituents is 1. The average Bonchev–Trinajstić information content (AvgIpc) is 3.66. The number of β-lactam (4-membered cyclic amide) rings is 1. The molecule has 3 aromatic rings. The minimum atomic E-state index is -3.56. The first kappa shape index (κ1) is 37.8. The Morgan fingerprint density at radius 2 is 1.66 bits per heavy atom. The molecule has 16 heteroatoms. The second-order valence-electron chi connectivity index (χ2n) is 12.6. The highest BCUT2D eigenvalue weighted by molar-refractivity contribution is 8.04. The van der Waals surface area contributed by atoms with Gasteiger partial charge in [-0.1, -0.05) is 63.7 Å². The fourth-order valence-corrected chi connectivity index (χ4v) is 11.9. The number of aromatic nitrogens is 1. The number of nitro groups is 1. The Bertz CT molecular complexity index is 1870. The lowest BCUT2D eigenvalue weighted by atomic mass is 9.79. The minimum absolute atomic E-state index is 0.0636. The molecule has 2 aliphatic heterocycles. The van der Waals surface area contributed by atoms with Crippen LogP contribution >= 0.6 is 23.1 Å². The molecular weight excluding hydrogens is 719 g/mol. The lowest BCUT2D eigenvalue weighted by molar-refractivity contribution is -0.384. The van der Waals surface area contributed by atoms with Gasteiger partial charge in [-0.25, -0.2) is 9.78 Å². The molecule has 5 rings (SSSR count). The number of hydrogen-bond donors (Lipinski definition) is 0. The van der Waals surface area contributed by atoms with Crippen LogP contribution in [0.1, 0.15) is 45.7 Å². The molecule has 1 fully saturated rings. The van der Waals surface area contributed by atoms with Crippen molar-refractivity contribution in [2.75, 3.05) is 6.26 Å². The Hall–Kier alpha value is -3.41. The summed E-state index contributed by atoms with van der Waals surface area (Å²) in [5, 5.41) is 13.0. The lowest BCUT2D eigenvalue weighted by Gasteiger charge is -2.49. The Morgan fingerprint density at radius 3 is 2.24 bits per heavy atom. The fraction of sp³-hybridized carbons (Fsp3) is 0.441. The summed E-state index contributed by atoms with van der Waals surface area (Å²) in [5.74, 6) is -1.42. The van der Waals surface area contributed by atoms with Gasteiger partial charge in [-0.15, -0.1) is 11.3 Å². The topological polar surface area (TPSA) is 155 Å². The molecule has 0 radical (unpaired) electrons. The number of thiazole rings is 1. The summed E-state index contributed by atoms with van der Waals surface area (Å²) in [5.41, 5.74) is 2.94. The molecule has 12 nitrogen and oxygen atoms in total. The normalized spacial score (nSPS) is 19.7. The first-order valence-electron chi connectivity index (χ1n) is 16.4. The van der Waals surface area contributed by atoms with Gasteiger partial charge in [0.25, 0.3) is 15.8 Å². The van der Waals surface area contributed by atoms with Gasteiger partial charge in [-0.2, -0.15) is 8.42 Å². The number of hydrogen-bond acceptors (Lipinski definition) is 12. The largest absolute Gasteiger partial charge is 0.456 e. The zero-order chi connectivity index (χ0) is 36.4. The van der Waals surface area contributed by atoms with Crippen LogP contribution in [0.5, 0.6) is 0 Å². The highest BCUT2D eigenvalue weighted by atomic mass is 32.2. The molecule has 0 bridgehead atoms. The molecule has 1 saturated heterocycles. The van der Waals surface area contributed by atoms with Crippen LogP contribution in [0, 0.1) is 22.0 Å². The SMILES string of the molecule is CC[Si](CC)(CC)O[C@H](C)[C@H]1C(=O)N2C(C(=O)OCc3ccc([N+](=O)[O-])cc3)=C(Sc3nc(-c4ccc(COS(C)(=O)=O)cc4)cs3)[C@H](C)[C@H]12. The van der Waals surface area contributed by atoms with E-state index in [0.717, 1.165) is 30.0 Å². The standard InChI is InChI=1S/C34H41N3O9S3Si/c1-7-50(8-2,9-3)46-22(5)28-29-21(4)31(30(36(29)32(28)38)33(39)44-18-23-12-16-26(17-13-23)37(40)41)48-34-35-27(20-47-34)25-14-10-24(11-15-25)19-45-49(6,42)43/h10-17,20-22,28-29H,7-9,18-19H2,1-6H3/t21-,22-,28-,29-/m1/s1. The van der Waals surface area contributed by atoms with Crippen molar-refractivity contribution in [1.29, 1.82) is 0 Å². The maximum atomic E-state index is 13.9. The predicted molar refractivity (Wildman–Crippen MR) is 194 cm³/mol. The molecule has 50 heavy (non-hydrogen) atoms. The minimum Gasteiger partial charge on any atom is -0.456 e. The van der Waals surface area contributed by atoms with Crippen LogP contribution in [0.2, 0.25) is 18.1 Å². The number of amides is 1. The van der Waals surface area contributed by atoms with E-state index in [0.29, 0.717) is 26.1 Å². The Morgan fingerprint density at radius 1 is 1.06 bits per heavy atom. The molecule has 3 heterocycles. The molecule has 2 aromatic carbocycles. The fourth-order valence-electron chi connectivity index (χ4n) is 6.51. The van der Waals surface area contributed by atoms with Crippen molar-refractivity contribution in [3.63, 3.8) is 0 Å². The van der Waals surface area contributed by atoms with E-state index < -0.39 is 35.2 Å². The smallest absolute Gasteiger partial charge is 0.356 e. The van der Waals surface area contributed by atoms with E-state index in [1.807, 2.05) is 31.4 Å². The summed E-state index contributed by atoms with van der Waals surface area (Å²) < 4.78 is 40.7. The highest BCUT2D eigenvalue weighted by Crippen LogP contribution is 2.53. The van der Waals surface area contributed by atoms with Gasteiger partial charge in [0.1, 0.15) is 12.3 Å². The number of rotatable bonds is 16. The Labute approximate surface area is 301 Å². The number of carbonyl (C=O) groups excluding carboxylic acids is 2. The summed E-state index contributed by atoms with van der Waals surface area (Å²) in [6, 6.07) is 15.6. The number of fused-ring (bicyclic) bond motifs is 1. The molecule has 0 spiro atoms. The molecule has 1 amide bonds. The van der Waals surface area contributed by atoms with Crippen LogP contribution in [0.25, 0.3) is 11.3 Å². The molecule has 268 valence electrons. The van der Waals surface area contributed by atoms with E-state index >= 15 is 0 Å². The van der Waals surface area contributed by atoms with Crippen molar-refractivity contribution in [3.8, 4) is 11.3 Å². The number of benzene rings is 2. The Balaban J connectivity index is 1.39. The molecule has 1 aromatic heterocycles. The van der Waals surface area contributed by atoms with E-state index in [4.69, 9.17) is 18.3 Å². The second kappa shape index (κ2) is 15.5. The Kier molecular flexibility index (Phi) is 11.7. The van der Waals surface area contributed by atoms with E-state index in [1.54, 1.807) is 17.0 Å². The molecule has 0 aliphatic carbocycles. The lowest BCUT2D eigenvalue weighted by Crippen LogP contribution is -2.65. The van der Waals surface area contributed by atoms with Gasteiger partial charge in [0.2, 0.25) is 5.91 Å². The maximum Gasteiger partial charge on any atom is 0.356 e. The van der Waals surface area contributed by atoms with Gasteiger partial charge >= 0.3 is 5.97 Å². The second-order valence-corrected chi connectivity index (χ2v) is 21.1. The highest BCUT2D eigenvalue weighted by Gasteiger charge is 2.61. The van der Waals surface area contributed by atoms with Gasteiger partial charge in [0.15, 0.2) is 12.7 Å². The maximum absolute atomic E-state index is 13.9. The molecular formula is C34H41N3O9S3Si. The van der Waals surface area contributed by atoms with Gasteiger partial charge < -0.3 is 14.1 Å². The molecule has 2 aliphatic rings. The quantitative estimate of drug-likeness (QED) is 0.0366. The first-order valence-corrected chi connectivity index (χ1v) is 22.5. The molecule has 4 atom stereocenters. The van der Waals surface area contributed by atoms with Crippen LogP contribution in [0.15, 0.2) is 68.9 Å². The zero-order valence-electron chi connectivity index (χ0n) is 28.8. The van der Waals surface area contributed by atoms with Crippen LogP contribution in [-0.4, -0.2) is 61.8 Å². The van der Waals surface area contributed by atoms with Gasteiger partial charge in [-0.05, 0) is 48.3 Å². The molecule has 0 saturated carbocycles. The molecule has 0 N–H and O–H groups in total. The van der Waals surface area contributed by atoms with Crippen molar-refractivity contribution in [1.82, 2.24) is 9.88 Å². The third-order valence-corrected chi connectivity index (χ3v) is 17.1. The molecule has 0 unspecified atom stereocenters. The van der Waals surface area contributed by atoms with Crippen molar-refractivity contribution in [2.24, 2.45) is 11.8 Å². The number of thioether (sulfide) groups is 1. The number of carbonyl (C=O) groups is 2. The predicted octanol–water partition coefficient (Wildman–Crippen LogP) is 7.13. The summed E-state index contributed by atoms with van der Waals surface area (Å²) >= 11 is 2.75. The summed E-state index contributed by atoms with van der Waals surface area (Å²) in [6.07, 6.45) is 0.696. The van der Waals surface area contributed by atoms with Crippen molar-refractivity contribution in [3.05, 3.63) is 85.8 Å². The number of non-ortho nitro benzene ring substituents is 1. The summed E-state index contributed by atoms with van der Waals surface area (Å²) in [4.78, 5) is 45.3. The van der Waals surface area contributed by atoms with E-state index in [9.17, 15) is 28.1 Å². The zero-order valence-corrected chi connectivity index (χ0v) is 32.2. The number of nitrogens with zero attached hydrogens (tertiary/aromatic N) is 3. The first-order chi connectivity index (χ1) is 23.7. The van der Waals surface area contributed by atoms with Crippen LogP contribution < -0.4 is 0 Å². The van der Waals surface area contributed by atoms with E-state index in [1.165, 1.54) is 47.4 Å².